The van der Waals surface area contributed by atoms with Gasteiger partial charge in [0.2, 0.25) is 0 Å². The number of benzene rings is 1. The van der Waals surface area contributed by atoms with Crippen LogP contribution in [0.2, 0.25) is 0 Å². The van der Waals surface area contributed by atoms with Gasteiger partial charge in [0.1, 0.15) is 0 Å². The second-order valence-corrected chi connectivity index (χ2v) is 3.76. The molecule has 5 nitrogen and oxygen atoms in total. The van der Waals surface area contributed by atoms with Gasteiger partial charge in [0.25, 0.3) is 5.91 Å². The van der Waals surface area contributed by atoms with Gasteiger partial charge < -0.3 is 10.1 Å². The number of nitrogens with one attached hydrogen (secondary N) is 1. The van der Waals surface area contributed by atoms with Crippen LogP contribution in [0, 0.1) is 0 Å². The maximum atomic E-state index is 11.5. The molecule has 0 radical (unpaired) electrons. The van der Waals surface area contributed by atoms with Gasteiger partial charge in [-0.2, -0.15) is 0 Å². The van der Waals surface area contributed by atoms with Gasteiger partial charge >= 0.3 is 5.97 Å². The summed E-state index contributed by atoms with van der Waals surface area (Å²) in [5, 5.41) is 2.39. The summed E-state index contributed by atoms with van der Waals surface area (Å²) in [5.74, 6) is -1.11. The molecule has 0 fully saturated rings. The number of Topliss-reactive ketones (excluding diaryl/α,β-unsaturated/α-hetero) is 1. The summed E-state index contributed by atoms with van der Waals surface area (Å²) >= 11 is 0. The third-order valence-electron chi connectivity index (χ3n) is 2.13. The highest BCUT2D eigenvalue weighted by Gasteiger charge is 2.07. The highest BCUT2D eigenvalue weighted by molar-refractivity contribution is 5.88. The van der Waals surface area contributed by atoms with Crippen LogP contribution in [0.3, 0.4) is 0 Å². The Balaban J connectivity index is 2.25. The van der Waals surface area contributed by atoms with Crippen LogP contribution in [0.5, 0.6) is 0 Å². The molecule has 1 amide bonds. The molecule has 0 unspecified atom stereocenters. The van der Waals surface area contributed by atoms with Crippen LogP contribution in [-0.2, 0) is 25.5 Å². The van der Waals surface area contributed by atoms with Crippen LogP contribution in [0.4, 0.5) is 0 Å². The predicted octanol–water partition coefficient (Wildman–Crippen LogP) is 0.477. The van der Waals surface area contributed by atoms with Gasteiger partial charge in [0.15, 0.2) is 12.4 Å². The minimum absolute atomic E-state index is 0.0605. The molecule has 1 rings (SSSR count). The Hall–Kier alpha value is -2.17. The van der Waals surface area contributed by atoms with Gasteiger partial charge in [-0.05, 0) is 5.56 Å². The lowest BCUT2D eigenvalue weighted by Crippen LogP contribution is -2.33. The standard InChI is InChI=1S/C13H15NO4/c1-10(15)18-9-13(17)14-8-12(16)7-11-5-3-2-4-6-11/h2-6H,7-9H2,1H3,(H,14,17). The zero-order chi connectivity index (χ0) is 13.4. The van der Waals surface area contributed by atoms with Gasteiger partial charge in [-0.25, -0.2) is 0 Å². The maximum Gasteiger partial charge on any atom is 0.303 e. The number of hydrogen-bond acceptors (Lipinski definition) is 4. The molecular formula is C13H15NO4. The average Bonchev–Trinajstić information content (AvgIpc) is 2.35. The number of amides is 1. The molecule has 0 aromatic heterocycles. The summed E-state index contributed by atoms with van der Waals surface area (Å²) in [7, 11) is 0. The predicted molar refractivity (Wildman–Crippen MR) is 64.8 cm³/mol. The van der Waals surface area contributed by atoms with Crippen LogP contribution in [0.15, 0.2) is 30.3 Å². The molecule has 1 N–H and O–H groups in total. The van der Waals surface area contributed by atoms with Crippen LogP contribution >= 0.6 is 0 Å². The Morgan fingerprint density at radius 3 is 2.44 bits per heavy atom. The molecule has 1 aromatic rings. The summed E-state index contributed by atoms with van der Waals surface area (Å²) in [6, 6.07) is 9.26. The van der Waals surface area contributed by atoms with Gasteiger partial charge in [-0.3, -0.25) is 14.4 Å². The Kier molecular flexibility index (Phi) is 5.57. The van der Waals surface area contributed by atoms with Crippen molar-refractivity contribution in [3.63, 3.8) is 0 Å². The SMILES string of the molecule is CC(=O)OCC(=O)NCC(=O)Cc1ccccc1. The first-order valence-corrected chi connectivity index (χ1v) is 5.53. The Labute approximate surface area is 105 Å². The maximum absolute atomic E-state index is 11.5. The molecule has 0 saturated carbocycles. The summed E-state index contributed by atoms with van der Waals surface area (Å²) in [6.45, 7) is 0.802. The minimum atomic E-state index is -0.527. The van der Waals surface area contributed by atoms with E-state index in [1.165, 1.54) is 6.92 Å². The van der Waals surface area contributed by atoms with Crippen molar-refractivity contribution >= 4 is 17.7 Å². The number of esters is 1. The number of hydrogen-bond donors (Lipinski definition) is 1. The van der Waals surface area contributed by atoms with E-state index in [4.69, 9.17) is 0 Å². The van der Waals surface area contributed by atoms with Crippen molar-refractivity contribution < 1.29 is 19.1 Å². The van der Waals surface area contributed by atoms with Gasteiger partial charge in [-0.1, -0.05) is 30.3 Å². The summed E-state index contributed by atoms with van der Waals surface area (Å²) in [6.07, 6.45) is 0.273. The third kappa shape index (κ3) is 5.79. The zero-order valence-electron chi connectivity index (χ0n) is 10.1. The number of ketones is 1. The largest absolute Gasteiger partial charge is 0.456 e. The normalized spacial score (nSPS) is 9.61. The molecule has 0 heterocycles. The summed E-state index contributed by atoms with van der Waals surface area (Å²) < 4.78 is 4.49. The fourth-order valence-corrected chi connectivity index (χ4v) is 1.30. The van der Waals surface area contributed by atoms with Crippen molar-refractivity contribution in [1.29, 1.82) is 0 Å². The number of carbonyl (C=O) groups is 3. The van der Waals surface area contributed by atoms with E-state index in [-0.39, 0.29) is 25.4 Å². The highest BCUT2D eigenvalue weighted by Crippen LogP contribution is 1.99. The van der Waals surface area contributed by atoms with E-state index in [2.05, 4.69) is 10.1 Å². The molecule has 96 valence electrons. The number of rotatable bonds is 6. The third-order valence-corrected chi connectivity index (χ3v) is 2.13. The molecule has 18 heavy (non-hydrogen) atoms. The lowest BCUT2D eigenvalue weighted by atomic mass is 10.1. The Bertz CT molecular complexity index is 428. The fraction of sp³-hybridized carbons (Fsp3) is 0.308. The Morgan fingerprint density at radius 1 is 1.17 bits per heavy atom. The molecule has 0 saturated heterocycles. The lowest BCUT2D eigenvalue weighted by molar-refractivity contribution is -0.146. The second kappa shape index (κ2) is 7.21. The van der Waals surface area contributed by atoms with Gasteiger partial charge in [0, 0.05) is 13.3 Å². The van der Waals surface area contributed by atoms with Crippen molar-refractivity contribution in [2.45, 2.75) is 13.3 Å². The van der Waals surface area contributed by atoms with Crippen molar-refractivity contribution in [3.05, 3.63) is 35.9 Å². The molecular weight excluding hydrogens is 234 g/mol. The highest BCUT2D eigenvalue weighted by atomic mass is 16.5. The summed E-state index contributed by atoms with van der Waals surface area (Å²) in [5.41, 5.74) is 0.900. The van der Waals surface area contributed by atoms with E-state index in [1.54, 1.807) is 0 Å². The monoisotopic (exact) mass is 249 g/mol. The first-order valence-electron chi connectivity index (χ1n) is 5.53. The van der Waals surface area contributed by atoms with Crippen molar-refractivity contribution in [1.82, 2.24) is 5.32 Å². The van der Waals surface area contributed by atoms with Crippen molar-refractivity contribution in [3.8, 4) is 0 Å². The first kappa shape index (κ1) is 13.9. The smallest absolute Gasteiger partial charge is 0.303 e. The lowest BCUT2D eigenvalue weighted by Gasteiger charge is -2.04. The van der Waals surface area contributed by atoms with E-state index in [0.717, 1.165) is 5.56 Å². The molecule has 0 atom stereocenters. The number of carbonyl (C=O) groups excluding carboxylic acids is 3. The molecule has 0 aliphatic carbocycles. The topological polar surface area (TPSA) is 72.5 Å². The molecule has 0 aliphatic heterocycles. The van der Waals surface area contributed by atoms with Crippen LogP contribution in [0.25, 0.3) is 0 Å². The molecule has 0 bridgehead atoms. The molecule has 0 spiro atoms. The van der Waals surface area contributed by atoms with Crippen molar-refractivity contribution in [2.75, 3.05) is 13.2 Å². The van der Waals surface area contributed by atoms with E-state index >= 15 is 0 Å². The molecule has 0 aliphatic rings. The van der Waals surface area contributed by atoms with Gasteiger partial charge in [-0.15, -0.1) is 0 Å². The van der Waals surface area contributed by atoms with E-state index in [0.29, 0.717) is 0 Å². The zero-order valence-corrected chi connectivity index (χ0v) is 10.1. The van der Waals surface area contributed by atoms with Crippen LogP contribution < -0.4 is 5.32 Å². The molecule has 5 heteroatoms. The number of ether oxygens (including phenoxy) is 1. The van der Waals surface area contributed by atoms with E-state index < -0.39 is 11.9 Å². The first-order chi connectivity index (χ1) is 8.58. The van der Waals surface area contributed by atoms with Crippen LogP contribution in [0.1, 0.15) is 12.5 Å². The van der Waals surface area contributed by atoms with Gasteiger partial charge in [0.05, 0.1) is 6.54 Å². The quantitative estimate of drug-likeness (QED) is 0.744. The van der Waals surface area contributed by atoms with E-state index in [1.807, 2.05) is 30.3 Å². The second-order valence-electron chi connectivity index (χ2n) is 3.76. The molecule has 1 aromatic carbocycles. The van der Waals surface area contributed by atoms with Crippen LogP contribution in [-0.4, -0.2) is 30.8 Å². The van der Waals surface area contributed by atoms with E-state index in [9.17, 15) is 14.4 Å². The Morgan fingerprint density at radius 2 is 1.83 bits per heavy atom. The fourth-order valence-electron chi connectivity index (χ4n) is 1.30. The van der Waals surface area contributed by atoms with Crippen molar-refractivity contribution in [2.24, 2.45) is 0 Å². The average molecular weight is 249 g/mol. The minimum Gasteiger partial charge on any atom is -0.456 e. The summed E-state index contributed by atoms with van der Waals surface area (Å²) in [4.78, 5) is 33.2.